The van der Waals surface area contributed by atoms with Crippen molar-refractivity contribution in [1.29, 1.82) is 0 Å². The summed E-state index contributed by atoms with van der Waals surface area (Å²) in [5, 5.41) is 4.79. The number of benzene rings is 1. The van der Waals surface area contributed by atoms with Crippen LogP contribution in [-0.2, 0) is 7.05 Å². The summed E-state index contributed by atoms with van der Waals surface area (Å²) < 4.78 is 15.3. The molecule has 1 aliphatic heterocycles. The summed E-state index contributed by atoms with van der Waals surface area (Å²) in [4.78, 5) is 25.2. The maximum Gasteiger partial charge on any atom is 0.257 e. The highest BCUT2D eigenvalue weighted by Gasteiger charge is 2.27. The summed E-state index contributed by atoms with van der Waals surface area (Å²) in [7, 11) is 3.63. The molecule has 0 N–H and O–H groups in total. The smallest absolute Gasteiger partial charge is 0.257 e. The van der Waals surface area contributed by atoms with E-state index in [1.807, 2.05) is 7.05 Å². The molecule has 0 spiro atoms. The molecule has 0 bridgehead atoms. The quantitative estimate of drug-likeness (QED) is 0.709. The van der Waals surface area contributed by atoms with E-state index in [-0.39, 0.29) is 17.8 Å². The summed E-state index contributed by atoms with van der Waals surface area (Å²) in [5.74, 6) is 0.436. The van der Waals surface area contributed by atoms with Crippen LogP contribution in [0.3, 0.4) is 0 Å². The third-order valence-corrected chi connectivity index (χ3v) is 5.16. The zero-order valence-corrected chi connectivity index (χ0v) is 15.3. The Hall–Kier alpha value is -3.03. The van der Waals surface area contributed by atoms with Crippen LogP contribution in [0.25, 0.3) is 10.9 Å². The minimum absolute atomic E-state index is 0.0175. The number of amides is 1. The first-order valence-electron chi connectivity index (χ1n) is 8.94. The van der Waals surface area contributed by atoms with Gasteiger partial charge >= 0.3 is 0 Å². The minimum atomic E-state index is -0.296. The first kappa shape index (κ1) is 17.4. The van der Waals surface area contributed by atoms with E-state index in [0.29, 0.717) is 5.56 Å². The Labute approximate surface area is 156 Å². The van der Waals surface area contributed by atoms with Crippen LogP contribution in [0.4, 0.5) is 10.2 Å². The van der Waals surface area contributed by atoms with Gasteiger partial charge in [0.05, 0.1) is 17.3 Å². The Bertz CT molecular complexity index is 979. The second-order valence-electron chi connectivity index (χ2n) is 6.90. The van der Waals surface area contributed by atoms with Crippen LogP contribution in [-0.4, -0.2) is 56.7 Å². The second kappa shape index (κ2) is 6.94. The van der Waals surface area contributed by atoms with Gasteiger partial charge in [0, 0.05) is 44.8 Å². The number of piperidine rings is 1. The highest BCUT2D eigenvalue weighted by atomic mass is 19.1. The van der Waals surface area contributed by atoms with Gasteiger partial charge in [-0.25, -0.2) is 14.4 Å². The topological polar surface area (TPSA) is 67.2 Å². The predicted octanol–water partition coefficient (Wildman–Crippen LogP) is 2.24. The van der Waals surface area contributed by atoms with E-state index in [2.05, 4.69) is 20.0 Å². The van der Waals surface area contributed by atoms with Crippen molar-refractivity contribution in [2.75, 3.05) is 25.0 Å². The van der Waals surface area contributed by atoms with Crippen LogP contribution in [0.1, 0.15) is 23.2 Å². The number of hydrogen-bond donors (Lipinski definition) is 0. The van der Waals surface area contributed by atoms with E-state index in [1.165, 1.54) is 18.5 Å². The van der Waals surface area contributed by atoms with Gasteiger partial charge in [0.25, 0.3) is 5.91 Å². The first-order chi connectivity index (χ1) is 13.0. The number of nitrogens with zero attached hydrogens (tertiary/aromatic N) is 6. The van der Waals surface area contributed by atoms with Gasteiger partial charge in [-0.2, -0.15) is 5.10 Å². The van der Waals surface area contributed by atoms with Gasteiger partial charge in [0.1, 0.15) is 18.0 Å². The van der Waals surface area contributed by atoms with Crippen molar-refractivity contribution in [3.05, 3.63) is 48.3 Å². The van der Waals surface area contributed by atoms with E-state index >= 15 is 0 Å². The second-order valence-corrected chi connectivity index (χ2v) is 6.90. The molecule has 0 aliphatic carbocycles. The zero-order valence-electron chi connectivity index (χ0n) is 15.3. The van der Waals surface area contributed by atoms with E-state index in [0.717, 1.165) is 42.7 Å². The minimum Gasteiger partial charge on any atom is -0.356 e. The fourth-order valence-electron chi connectivity index (χ4n) is 3.63. The molecule has 7 nitrogen and oxygen atoms in total. The van der Waals surface area contributed by atoms with Gasteiger partial charge in [0.15, 0.2) is 0 Å². The van der Waals surface area contributed by atoms with Crippen molar-refractivity contribution in [2.24, 2.45) is 7.05 Å². The van der Waals surface area contributed by atoms with Crippen LogP contribution in [0.5, 0.6) is 0 Å². The Balaban J connectivity index is 1.48. The molecule has 8 heteroatoms. The first-order valence-corrected chi connectivity index (χ1v) is 8.94. The fraction of sp³-hybridized carbons (Fsp3) is 0.368. The Morgan fingerprint density at radius 1 is 1.26 bits per heavy atom. The van der Waals surface area contributed by atoms with E-state index in [4.69, 9.17) is 0 Å². The third-order valence-electron chi connectivity index (χ3n) is 5.16. The lowest BCUT2D eigenvalue weighted by Crippen LogP contribution is -2.45. The maximum atomic E-state index is 13.7. The highest BCUT2D eigenvalue weighted by Crippen LogP contribution is 2.27. The van der Waals surface area contributed by atoms with Gasteiger partial charge in [-0.1, -0.05) is 0 Å². The molecule has 27 heavy (non-hydrogen) atoms. The van der Waals surface area contributed by atoms with Crippen LogP contribution in [0, 0.1) is 5.82 Å². The van der Waals surface area contributed by atoms with Gasteiger partial charge in [-0.3, -0.25) is 9.48 Å². The standard InChI is InChI=1S/C19H21FN6O/c1-24-11-13(10-23-24)19(27)25(2)15-5-7-26(8-6-15)18-16-9-14(20)3-4-17(16)21-12-22-18/h3-4,9-12,15H,5-8H2,1-2H3. The average molecular weight is 368 g/mol. The van der Waals surface area contributed by atoms with Gasteiger partial charge < -0.3 is 9.80 Å². The zero-order chi connectivity index (χ0) is 19.0. The lowest BCUT2D eigenvalue weighted by atomic mass is 10.0. The van der Waals surface area contributed by atoms with E-state index < -0.39 is 0 Å². The molecular formula is C19H21FN6O. The van der Waals surface area contributed by atoms with Crippen molar-refractivity contribution in [2.45, 2.75) is 18.9 Å². The van der Waals surface area contributed by atoms with Crippen molar-refractivity contribution in [3.8, 4) is 0 Å². The molecule has 0 saturated carbocycles. The SMILES string of the molecule is CN(C(=O)c1cnn(C)c1)C1CCN(c2ncnc3ccc(F)cc23)CC1. The number of carbonyl (C=O) groups excluding carboxylic acids is 1. The molecule has 3 aromatic rings. The molecule has 0 unspecified atom stereocenters. The third kappa shape index (κ3) is 3.34. The number of hydrogen-bond acceptors (Lipinski definition) is 5. The number of halogens is 1. The molecule has 1 saturated heterocycles. The molecule has 2 aromatic heterocycles. The summed E-state index contributed by atoms with van der Waals surface area (Å²) in [6.07, 6.45) is 6.48. The molecule has 3 heterocycles. The lowest BCUT2D eigenvalue weighted by Gasteiger charge is -2.37. The van der Waals surface area contributed by atoms with Crippen LogP contribution in [0.15, 0.2) is 36.9 Å². The van der Waals surface area contributed by atoms with E-state index in [1.54, 1.807) is 35.1 Å². The Morgan fingerprint density at radius 2 is 2.04 bits per heavy atom. The summed E-state index contributed by atoms with van der Waals surface area (Å²) in [6, 6.07) is 4.71. The van der Waals surface area contributed by atoms with Gasteiger partial charge in [-0.05, 0) is 31.0 Å². The fourth-order valence-corrected chi connectivity index (χ4v) is 3.63. The van der Waals surface area contributed by atoms with Crippen molar-refractivity contribution in [1.82, 2.24) is 24.6 Å². The number of fused-ring (bicyclic) bond motifs is 1. The normalized spacial score (nSPS) is 15.3. The molecule has 0 radical (unpaired) electrons. The largest absolute Gasteiger partial charge is 0.356 e. The van der Waals surface area contributed by atoms with Crippen LogP contribution < -0.4 is 4.90 Å². The number of carbonyl (C=O) groups is 1. The lowest BCUT2D eigenvalue weighted by molar-refractivity contribution is 0.0709. The number of aryl methyl sites for hydroxylation is 1. The molecule has 1 aromatic carbocycles. The molecule has 0 atom stereocenters. The van der Waals surface area contributed by atoms with Crippen molar-refractivity contribution in [3.63, 3.8) is 0 Å². The summed E-state index contributed by atoms with van der Waals surface area (Å²) >= 11 is 0. The highest BCUT2D eigenvalue weighted by molar-refractivity contribution is 5.94. The number of rotatable bonds is 3. The average Bonchev–Trinajstić information content (AvgIpc) is 3.13. The Morgan fingerprint density at radius 3 is 2.74 bits per heavy atom. The molecule has 1 aliphatic rings. The van der Waals surface area contributed by atoms with Gasteiger partial charge in [-0.15, -0.1) is 0 Å². The molecular weight excluding hydrogens is 347 g/mol. The van der Waals surface area contributed by atoms with Crippen LogP contribution in [0.2, 0.25) is 0 Å². The van der Waals surface area contributed by atoms with E-state index in [9.17, 15) is 9.18 Å². The molecule has 140 valence electrons. The van der Waals surface area contributed by atoms with Crippen molar-refractivity contribution < 1.29 is 9.18 Å². The maximum absolute atomic E-state index is 13.7. The van der Waals surface area contributed by atoms with Crippen molar-refractivity contribution >= 4 is 22.6 Å². The summed E-state index contributed by atoms with van der Waals surface area (Å²) in [5.41, 5.74) is 1.33. The number of anilines is 1. The molecule has 1 fully saturated rings. The van der Waals surface area contributed by atoms with Crippen LogP contribution >= 0.6 is 0 Å². The predicted molar refractivity (Wildman–Crippen MR) is 100 cm³/mol. The molecule has 4 rings (SSSR count). The summed E-state index contributed by atoms with van der Waals surface area (Å²) in [6.45, 7) is 1.50. The monoisotopic (exact) mass is 368 g/mol. The number of aromatic nitrogens is 4. The Kier molecular flexibility index (Phi) is 4.47. The molecule has 1 amide bonds. The van der Waals surface area contributed by atoms with Gasteiger partial charge in [0.2, 0.25) is 0 Å².